The van der Waals surface area contributed by atoms with Crippen molar-refractivity contribution in [2.45, 2.75) is 19.3 Å². The fourth-order valence-electron chi connectivity index (χ4n) is 2.59. The molecule has 1 aromatic heterocycles. The summed E-state index contributed by atoms with van der Waals surface area (Å²) in [5, 5.41) is 3.41. The van der Waals surface area contributed by atoms with Gasteiger partial charge in [-0.1, -0.05) is 6.42 Å². The molecule has 1 aliphatic rings. The molecule has 0 aliphatic heterocycles. The van der Waals surface area contributed by atoms with Crippen LogP contribution in [0.15, 0.2) is 12.3 Å². The minimum atomic E-state index is 0.674. The maximum atomic E-state index is 5.80. The van der Waals surface area contributed by atoms with Crippen LogP contribution in [0, 0.1) is 11.8 Å². The number of nitrogens with two attached hydrogens (primary N) is 1. The van der Waals surface area contributed by atoms with Gasteiger partial charge in [-0.3, -0.25) is 0 Å². The molecule has 0 amide bonds. The van der Waals surface area contributed by atoms with Crippen molar-refractivity contribution in [3.8, 4) is 0 Å². The molecule has 0 spiro atoms. The summed E-state index contributed by atoms with van der Waals surface area (Å²) in [6, 6.07) is 1.92. The lowest BCUT2D eigenvalue weighted by molar-refractivity contribution is 0.414. The summed E-state index contributed by atoms with van der Waals surface area (Å²) >= 11 is 0. The van der Waals surface area contributed by atoms with Crippen molar-refractivity contribution in [2.24, 2.45) is 17.6 Å². The maximum absolute atomic E-state index is 5.80. The fourth-order valence-corrected chi connectivity index (χ4v) is 2.59. The molecule has 0 radical (unpaired) electrons. The van der Waals surface area contributed by atoms with E-state index < -0.39 is 0 Å². The molecule has 5 nitrogen and oxygen atoms in total. The van der Waals surface area contributed by atoms with Crippen molar-refractivity contribution in [3.05, 3.63) is 12.3 Å². The number of rotatable bonds is 5. The lowest BCUT2D eigenvalue weighted by Crippen LogP contribution is -2.24. The van der Waals surface area contributed by atoms with E-state index in [1.165, 1.54) is 19.3 Å². The van der Waals surface area contributed by atoms with Crippen molar-refractivity contribution < 1.29 is 0 Å². The Morgan fingerprint density at radius 3 is 2.89 bits per heavy atom. The van der Waals surface area contributed by atoms with Crippen molar-refractivity contribution in [1.82, 2.24) is 9.97 Å². The van der Waals surface area contributed by atoms with Gasteiger partial charge in [-0.2, -0.15) is 4.98 Å². The van der Waals surface area contributed by atoms with Gasteiger partial charge in [-0.15, -0.1) is 0 Å². The summed E-state index contributed by atoms with van der Waals surface area (Å²) in [5.74, 6) is 3.00. The number of hydrogen-bond donors (Lipinski definition) is 2. The molecular weight excluding hydrogens is 226 g/mol. The van der Waals surface area contributed by atoms with E-state index in [1.807, 2.05) is 25.1 Å². The van der Waals surface area contributed by atoms with Gasteiger partial charge in [0.15, 0.2) is 0 Å². The summed E-state index contributed by atoms with van der Waals surface area (Å²) in [6.45, 7) is 1.77. The van der Waals surface area contributed by atoms with Gasteiger partial charge < -0.3 is 16.0 Å². The highest BCUT2D eigenvalue weighted by Gasteiger charge is 2.25. The molecule has 1 saturated carbocycles. The van der Waals surface area contributed by atoms with Crippen molar-refractivity contribution in [3.63, 3.8) is 0 Å². The zero-order valence-electron chi connectivity index (χ0n) is 11.3. The third-order valence-corrected chi connectivity index (χ3v) is 3.71. The first-order chi connectivity index (χ1) is 8.70. The zero-order valence-corrected chi connectivity index (χ0v) is 11.3. The highest BCUT2D eigenvalue weighted by atomic mass is 15.2. The van der Waals surface area contributed by atoms with E-state index in [4.69, 9.17) is 5.73 Å². The predicted octanol–water partition coefficient (Wildman–Crippen LogP) is 1.33. The molecule has 1 heterocycles. The van der Waals surface area contributed by atoms with Gasteiger partial charge in [0.1, 0.15) is 5.82 Å². The second kappa shape index (κ2) is 6.00. The number of nitrogens with zero attached hydrogens (tertiary/aromatic N) is 3. The van der Waals surface area contributed by atoms with E-state index in [0.29, 0.717) is 11.8 Å². The highest BCUT2D eigenvalue weighted by Crippen LogP contribution is 2.30. The van der Waals surface area contributed by atoms with Gasteiger partial charge in [-0.25, -0.2) is 4.98 Å². The molecule has 0 aromatic carbocycles. The molecule has 3 N–H and O–H groups in total. The molecule has 2 rings (SSSR count). The predicted molar refractivity (Wildman–Crippen MR) is 74.7 cm³/mol. The Kier molecular flexibility index (Phi) is 4.36. The van der Waals surface area contributed by atoms with Crippen LogP contribution in [0.5, 0.6) is 0 Å². The Morgan fingerprint density at radius 1 is 1.39 bits per heavy atom. The van der Waals surface area contributed by atoms with Gasteiger partial charge in [0, 0.05) is 26.8 Å². The van der Waals surface area contributed by atoms with E-state index in [2.05, 4.69) is 15.3 Å². The maximum Gasteiger partial charge on any atom is 0.226 e. The Bertz CT molecular complexity index is 379. The second-order valence-electron chi connectivity index (χ2n) is 5.20. The Labute approximate surface area is 109 Å². The van der Waals surface area contributed by atoms with Crippen LogP contribution in [0.1, 0.15) is 19.3 Å². The van der Waals surface area contributed by atoms with Crippen LogP contribution >= 0.6 is 0 Å². The number of hydrogen-bond acceptors (Lipinski definition) is 5. The van der Waals surface area contributed by atoms with Gasteiger partial charge in [0.2, 0.25) is 5.95 Å². The van der Waals surface area contributed by atoms with Crippen molar-refractivity contribution >= 4 is 11.8 Å². The third-order valence-electron chi connectivity index (χ3n) is 3.71. The van der Waals surface area contributed by atoms with E-state index in [1.54, 1.807) is 6.20 Å². The summed E-state index contributed by atoms with van der Waals surface area (Å²) in [7, 11) is 3.89. The minimum Gasteiger partial charge on any atom is -0.370 e. The van der Waals surface area contributed by atoms with Crippen LogP contribution in [0.4, 0.5) is 11.8 Å². The first-order valence-corrected chi connectivity index (χ1v) is 6.65. The lowest BCUT2D eigenvalue weighted by Gasteiger charge is -2.19. The van der Waals surface area contributed by atoms with Crippen LogP contribution in [-0.2, 0) is 0 Å². The van der Waals surface area contributed by atoms with Crippen LogP contribution < -0.4 is 16.0 Å². The first-order valence-electron chi connectivity index (χ1n) is 6.65. The molecule has 2 unspecified atom stereocenters. The molecule has 18 heavy (non-hydrogen) atoms. The summed E-state index contributed by atoms with van der Waals surface area (Å²) in [5.41, 5.74) is 5.80. The van der Waals surface area contributed by atoms with Gasteiger partial charge >= 0.3 is 0 Å². The molecule has 100 valence electrons. The lowest BCUT2D eigenvalue weighted by atomic mass is 9.96. The smallest absolute Gasteiger partial charge is 0.226 e. The third kappa shape index (κ3) is 3.10. The number of anilines is 2. The molecule has 1 aliphatic carbocycles. The van der Waals surface area contributed by atoms with Gasteiger partial charge in [0.05, 0.1) is 0 Å². The largest absolute Gasteiger partial charge is 0.370 e. The number of nitrogens with one attached hydrogen (secondary N) is 1. The quantitative estimate of drug-likeness (QED) is 0.824. The second-order valence-corrected chi connectivity index (χ2v) is 5.20. The van der Waals surface area contributed by atoms with Crippen molar-refractivity contribution in [1.29, 1.82) is 0 Å². The van der Waals surface area contributed by atoms with E-state index in [9.17, 15) is 0 Å². The van der Waals surface area contributed by atoms with Crippen molar-refractivity contribution in [2.75, 3.05) is 37.4 Å². The molecule has 1 aromatic rings. The fraction of sp³-hybridized carbons (Fsp3) is 0.692. The van der Waals surface area contributed by atoms with E-state index in [-0.39, 0.29) is 0 Å². The van der Waals surface area contributed by atoms with Gasteiger partial charge in [0.25, 0.3) is 0 Å². The summed E-state index contributed by atoms with van der Waals surface area (Å²) in [4.78, 5) is 10.6. The monoisotopic (exact) mass is 249 g/mol. The Balaban J connectivity index is 1.91. The van der Waals surface area contributed by atoms with Crippen LogP contribution in [-0.4, -0.2) is 37.2 Å². The standard InChI is InChI=1S/C13H23N5/c1-18(2)13-15-7-6-12(17-13)16-9-11-5-3-4-10(11)8-14/h6-7,10-11H,3-5,8-9,14H2,1-2H3,(H,15,16,17). The number of aromatic nitrogens is 2. The average molecular weight is 249 g/mol. The van der Waals surface area contributed by atoms with Crippen LogP contribution in [0.3, 0.4) is 0 Å². The Hall–Kier alpha value is -1.36. The van der Waals surface area contributed by atoms with Crippen LogP contribution in [0.2, 0.25) is 0 Å². The van der Waals surface area contributed by atoms with E-state index in [0.717, 1.165) is 24.9 Å². The average Bonchev–Trinajstić information content (AvgIpc) is 2.84. The van der Waals surface area contributed by atoms with Gasteiger partial charge in [-0.05, 0) is 37.3 Å². The normalized spacial score (nSPS) is 23.1. The SMILES string of the molecule is CN(C)c1nccc(NCC2CCCC2CN)n1. The minimum absolute atomic E-state index is 0.674. The topological polar surface area (TPSA) is 67.1 Å². The van der Waals surface area contributed by atoms with E-state index >= 15 is 0 Å². The summed E-state index contributed by atoms with van der Waals surface area (Å²) in [6.07, 6.45) is 5.65. The molecule has 0 saturated heterocycles. The highest BCUT2D eigenvalue weighted by molar-refractivity contribution is 5.40. The molecule has 0 bridgehead atoms. The zero-order chi connectivity index (χ0) is 13.0. The summed E-state index contributed by atoms with van der Waals surface area (Å²) < 4.78 is 0. The molecule has 1 fully saturated rings. The molecular formula is C13H23N5. The molecule has 2 atom stereocenters. The Morgan fingerprint density at radius 2 is 2.17 bits per heavy atom. The first kappa shape index (κ1) is 13.1. The van der Waals surface area contributed by atoms with Crippen LogP contribution in [0.25, 0.3) is 0 Å². The molecule has 5 heteroatoms.